The lowest BCUT2D eigenvalue weighted by Crippen LogP contribution is -2.39. The smallest absolute Gasteiger partial charge is 0.223 e. The van der Waals surface area contributed by atoms with E-state index >= 15 is 0 Å². The number of piperidine rings is 1. The van der Waals surface area contributed by atoms with Crippen LogP contribution < -0.4 is 5.32 Å². The standard InChI is InChI=1S/C18H27N3O2S/c1-12(2)8-16(22)21-7-3-4-14(10-21)18-20-15(11-24-18)9-19-17(23)13-5-6-13/h11-14H,3-10H2,1-2H3,(H,19,23)/t14-/m0/s1. The molecule has 1 aliphatic heterocycles. The number of aromatic nitrogens is 1. The second-order valence-electron chi connectivity index (χ2n) is 7.45. The predicted molar refractivity (Wildman–Crippen MR) is 94.7 cm³/mol. The van der Waals surface area contributed by atoms with Crippen molar-refractivity contribution in [3.05, 3.63) is 16.1 Å². The van der Waals surface area contributed by atoms with Crippen molar-refractivity contribution in [1.29, 1.82) is 0 Å². The summed E-state index contributed by atoms with van der Waals surface area (Å²) in [5, 5.41) is 6.11. The molecule has 1 aliphatic carbocycles. The van der Waals surface area contributed by atoms with Crippen LogP contribution in [0, 0.1) is 11.8 Å². The Hall–Kier alpha value is -1.43. The number of rotatable bonds is 6. The number of likely N-dealkylation sites (tertiary alicyclic amines) is 1. The van der Waals surface area contributed by atoms with Gasteiger partial charge >= 0.3 is 0 Å². The van der Waals surface area contributed by atoms with Crippen molar-refractivity contribution < 1.29 is 9.59 Å². The van der Waals surface area contributed by atoms with E-state index in [2.05, 4.69) is 19.2 Å². The summed E-state index contributed by atoms with van der Waals surface area (Å²) in [5.41, 5.74) is 0.939. The fourth-order valence-electron chi connectivity index (χ4n) is 3.14. The Morgan fingerprint density at radius 1 is 1.38 bits per heavy atom. The van der Waals surface area contributed by atoms with Crippen molar-refractivity contribution in [2.45, 2.75) is 58.4 Å². The van der Waals surface area contributed by atoms with E-state index in [-0.39, 0.29) is 17.7 Å². The van der Waals surface area contributed by atoms with Crippen LogP contribution in [0.25, 0.3) is 0 Å². The number of hydrogen-bond donors (Lipinski definition) is 1. The van der Waals surface area contributed by atoms with Gasteiger partial charge in [0, 0.05) is 36.7 Å². The van der Waals surface area contributed by atoms with E-state index < -0.39 is 0 Å². The summed E-state index contributed by atoms with van der Waals surface area (Å²) < 4.78 is 0. The lowest BCUT2D eigenvalue weighted by atomic mass is 9.97. The van der Waals surface area contributed by atoms with Crippen LogP contribution in [0.15, 0.2) is 5.38 Å². The number of thiazole rings is 1. The minimum absolute atomic E-state index is 0.160. The minimum atomic E-state index is 0.160. The molecule has 2 fully saturated rings. The Morgan fingerprint density at radius 2 is 2.17 bits per heavy atom. The molecule has 2 heterocycles. The Labute approximate surface area is 147 Å². The fraction of sp³-hybridized carbons (Fsp3) is 0.722. The molecule has 1 aromatic rings. The lowest BCUT2D eigenvalue weighted by Gasteiger charge is -2.32. The van der Waals surface area contributed by atoms with Crippen LogP contribution >= 0.6 is 11.3 Å². The molecule has 0 unspecified atom stereocenters. The first kappa shape index (κ1) is 17.4. The quantitative estimate of drug-likeness (QED) is 0.859. The van der Waals surface area contributed by atoms with E-state index in [1.807, 2.05) is 10.3 Å². The highest BCUT2D eigenvalue weighted by Gasteiger charge is 2.30. The van der Waals surface area contributed by atoms with Gasteiger partial charge < -0.3 is 10.2 Å². The summed E-state index contributed by atoms with van der Waals surface area (Å²) in [6.45, 7) is 6.35. The minimum Gasteiger partial charge on any atom is -0.350 e. The molecule has 0 bridgehead atoms. The zero-order valence-electron chi connectivity index (χ0n) is 14.6. The van der Waals surface area contributed by atoms with E-state index in [4.69, 9.17) is 4.98 Å². The van der Waals surface area contributed by atoms with Gasteiger partial charge in [0.25, 0.3) is 0 Å². The van der Waals surface area contributed by atoms with Crippen LogP contribution in [-0.2, 0) is 16.1 Å². The highest BCUT2D eigenvalue weighted by atomic mass is 32.1. The topological polar surface area (TPSA) is 62.3 Å². The van der Waals surface area contributed by atoms with Crippen LogP contribution in [0.5, 0.6) is 0 Å². The molecule has 132 valence electrons. The van der Waals surface area contributed by atoms with Gasteiger partial charge in [0.05, 0.1) is 17.2 Å². The number of amides is 2. The molecule has 24 heavy (non-hydrogen) atoms. The zero-order chi connectivity index (χ0) is 17.1. The van der Waals surface area contributed by atoms with Crippen LogP contribution in [0.3, 0.4) is 0 Å². The van der Waals surface area contributed by atoms with E-state index in [0.29, 0.717) is 24.8 Å². The molecule has 1 saturated carbocycles. The molecule has 6 heteroatoms. The number of nitrogens with zero attached hydrogens (tertiary/aromatic N) is 2. The van der Waals surface area contributed by atoms with E-state index in [1.165, 1.54) is 0 Å². The monoisotopic (exact) mass is 349 g/mol. The summed E-state index contributed by atoms with van der Waals surface area (Å²) >= 11 is 1.66. The molecule has 0 radical (unpaired) electrons. The molecule has 0 spiro atoms. The molecule has 3 rings (SSSR count). The van der Waals surface area contributed by atoms with Crippen molar-refractivity contribution in [3.63, 3.8) is 0 Å². The fourth-order valence-corrected chi connectivity index (χ4v) is 4.09. The first-order valence-corrected chi connectivity index (χ1v) is 9.90. The van der Waals surface area contributed by atoms with Crippen LogP contribution in [0.1, 0.15) is 62.6 Å². The average Bonchev–Trinajstić information content (AvgIpc) is 3.30. The van der Waals surface area contributed by atoms with Gasteiger partial charge in [-0.1, -0.05) is 13.8 Å². The summed E-state index contributed by atoms with van der Waals surface area (Å²) in [6, 6.07) is 0. The van der Waals surface area contributed by atoms with Gasteiger partial charge in [-0.05, 0) is 31.6 Å². The molecule has 1 saturated heterocycles. The summed E-state index contributed by atoms with van der Waals surface area (Å²) in [7, 11) is 0. The van der Waals surface area contributed by atoms with Gasteiger partial charge in [0.15, 0.2) is 0 Å². The number of nitrogens with one attached hydrogen (secondary N) is 1. The van der Waals surface area contributed by atoms with Gasteiger partial charge in [0.1, 0.15) is 0 Å². The molecule has 2 aliphatic rings. The Balaban J connectivity index is 1.53. The molecule has 1 atom stereocenters. The number of hydrogen-bond acceptors (Lipinski definition) is 4. The molecule has 2 amide bonds. The predicted octanol–water partition coefficient (Wildman–Crippen LogP) is 2.92. The summed E-state index contributed by atoms with van der Waals surface area (Å²) in [6.07, 6.45) is 4.81. The Bertz CT molecular complexity index is 595. The third kappa shape index (κ3) is 4.56. The van der Waals surface area contributed by atoms with Gasteiger partial charge in [-0.2, -0.15) is 0 Å². The molecule has 5 nitrogen and oxygen atoms in total. The normalized spacial score (nSPS) is 21.1. The Morgan fingerprint density at radius 3 is 2.88 bits per heavy atom. The maximum atomic E-state index is 12.3. The van der Waals surface area contributed by atoms with E-state index in [1.54, 1.807) is 11.3 Å². The maximum Gasteiger partial charge on any atom is 0.223 e. The summed E-state index contributed by atoms with van der Waals surface area (Å²) in [4.78, 5) is 30.7. The third-order valence-corrected chi connectivity index (χ3v) is 5.72. The van der Waals surface area contributed by atoms with Crippen molar-refractivity contribution in [2.24, 2.45) is 11.8 Å². The van der Waals surface area contributed by atoms with Crippen LogP contribution in [0.4, 0.5) is 0 Å². The third-order valence-electron chi connectivity index (χ3n) is 4.67. The van der Waals surface area contributed by atoms with Crippen LogP contribution in [-0.4, -0.2) is 34.8 Å². The van der Waals surface area contributed by atoms with Crippen molar-refractivity contribution in [3.8, 4) is 0 Å². The maximum absolute atomic E-state index is 12.3. The van der Waals surface area contributed by atoms with Crippen molar-refractivity contribution in [2.75, 3.05) is 13.1 Å². The largest absolute Gasteiger partial charge is 0.350 e. The Kier molecular flexibility index (Phi) is 5.54. The molecular formula is C18H27N3O2S. The molecular weight excluding hydrogens is 322 g/mol. The molecule has 1 aromatic heterocycles. The lowest BCUT2D eigenvalue weighted by molar-refractivity contribution is -0.133. The first-order valence-electron chi connectivity index (χ1n) is 9.02. The van der Waals surface area contributed by atoms with Crippen molar-refractivity contribution in [1.82, 2.24) is 15.2 Å². The zero-order valence-corrected chi connectivity index (χ0v) is 15.4. The van der Waals surface area contributed by atoms with Gasteiger partial charge in [-0.15, -0.1) is 11.3 Å². The average molecular weight is 350 g/mol. The van der Waals surface area contributed by atoms with Gasteiger partial charge in [-0.25, -0.2) is 4.98 Å². The molecule has 0 aromatic carbocycles. The highest BCUT2D eigenvalue weighted by Crippen LogP contribution is 2.31. The second-order valence-corrected chi connectivity index (χ2v) is 8.34. The second kappa shape index (κ2) is 7.64. The SMILES string of the molecule is CC(C)CC(=O)N1CCC[C@H](c2nc(CNC(=O)C3CC3)cs2)C1. The molecule has 1 N–H and O–H groups in total. The number of carbonyl (C=O) groups is 2. The number of carbonyl (C=O) groups excluding carboxylic acids is 2. The van der Waals surface area contributed by atoms with Gasteiger partial charge in [-0.3, -0.25) is 9.59 Å². The van der Waals surface area contributed by atoms with Crippen LogP contribution in [0.2, 0.25) is 0 Å². The van der Waals surface area contributed by atoms with E-state index in [9.17, 15) is 9.59 Å². The van der Waals surface area contributed by atoms with E-state index in [0.717, 1.165) is 49.5 Å². The van der Waals surface area contributed by atoms with Crippen molar-refractivity contribution >= 4 is 23.2 Å². The first-order chi connectivity index (χ1) is 11.5. The summed E-state index contributed by atoms with van der Waals surface area (Å²) in [5.74, 6) is 1.41. The van der Waals surface area contributed by atoms with Gasteiger partial charge in [0.2, 0.25) is 11.8 Å². The highest BCUT2D eigenvalue weighted by molar-refractivity contribution is 7.09.